The summed E-state index contributed by atoms with van der Waals surface area (Å²) in [7, 11) is 1.70. The number of nitrogens with zero attached hydrogens (tertiary/aromatic N) is 4. The number of pyridine rings is 1. The van der Waals surface area contributed by atoms with Crippen molar-refractivity contribution in [3.8, 4) is 0 Å². The normalized spacial score (nSPS) is 16.7. The molecule has 0 bridgehead atoms. The van der Waals surface area contributed by atoms with Crippen LogP contribution < -0.4 is 0 Å². The lowest BCUT2D eigenvalue weighted by Gasteiger charge is -2.24. The van der Waals surface area contributed by atoms with E-state index in [1.54, 1.807) is 7.11 Å². The average Bonchev–Trinajstić information content (AvgIpc) is 3.21. The maximum Gasteiger partial charge on any atom is 0.130 e. The summed E-state index contributed by atoms with van der Waals surface area (Å²) in [6, 6.07) is 13.6. The molecule has 1 aliphatic heterocycles. The molecule has 0 aliphatic carbocycles. The largest absolute Gasteiger partial charge is 0.384 e. The summed E-state index contributed by atoms with van der Waals surface area (Å²) in [5.41, 5.74) is 7.44. The molecule has 1 aliphatic rings. The maximum atomic E-state index is 5.11. The van der Waals surface area contributed by atoms with E-state index >= 15 is 0 Å². The van der Waals surface area contributed by atoms with E-state index in [1.807, 2.05) is 12.4 Å². The van der Waals surface area contributed by atoms with Crippen molar-refractivity contribution in [2.45, 2.75) is 52.1 Å². The van der Waals surface area contributed by atoms with Crippen molar-refractivity contribution in [3.05, 3.63) is 88.3 Å². The van der Waals surface area contributed by atoms with Crippen LogP contribution in [0.1, 0.15) is 58.3 Å². The van der Waals surface area contributed by atoms with Gasteiger partial charge in [-0.25, -0.2) is 9.97 Å². The molecule has 3 heterocycles. The van der Waals surface area contributed by atoms with Crippen LogP contribution in [0, 0.1) is 13.8 Å². The van der Waals surface area contributed by atoms with Gasteiger partial charge in [0.2, 0.25) is 0 Å². The predicted octanol–water partition coefficient (Wildman–Crippen LogP) is 4.61. The van der Waals surface area contributed by atoms with Gasteiger partial charge < -0.3 is 4.74 Å². The molecule has 0 N–H and O–H groups in total. The van der Waals surface area contributed by atoms with Crippen molar-refractivity contribution in [2.24, 2.45) is 0 Å². The number of likely N-dealkylation sites (tertiary alicyclic amines) is 1. The molecule has 1 atom stereocenters. The standard InChI is InChI=1S/C26H32N4O/c1-19-6-4-7-21(12-19)14-22-13-20(2)29-24(15-22)25-8-5-10-30(25)18-23-16-27-26(28-17-23)9-11-31-3/h4,6-7,12-13,15-17,25H,5,8-11,14,18H2,1-3H3/t25-/m0/s1. The van der Waals surface area contributed by atoms with E-state index in [0.717, 1.165) is 49.4 Å². The summed E-state index contributed by atoms with van der Waals surface area (Å²) >= 11 is 0. The number of hydrogen-bond donors (Lipinski definition) is 0. The zero-order chi connectivity index (χ0) is 21.6. The topological polar surface area (TPSA) is 51.1 Å². The molecule has 4 rings (SSSR count). The quantitative estimate of drug-likeness (QED) is 0.537. The molecule has 0 saturated carbocycles. The molecule has 5 nitrogen and oxygen atoms in total. The monoisotopic (exact) mass is 416 g/mol. The highest BCUT2D eigenvalue weighted by Gasteiger charge is 2.27. The summed E-state index contributed by atoms with van der Waals surface area (Å²) in [4.78, 5) is 16.5. The van der Waals surface area contributed by atoms with Gasteiger partial charge in [0.05, 0.1) is 18.3 Å². The Hall–Kier alpha value is -2.63. The zero-order valence-electron chi connectivity index (χ0n) is 18.8. The summed E-state index contributed by atoms with van der Waals surface area (Å²) in [6.07, 6.45) is 7.95. The first-order valence-electron chi connectivity index (χ1n) is 11.2. The van der Waals surface area contributed by atoms with E-state index in [9.17, 15) is 0 Å². The first-order chi connectivity index (χ1) is 15.1. The third-order valence-electron chi connectivity index (χ3n) is 5.90. The Morgan fingerprint density at radius 1 is 1.03 bits per heavy atom. The van der Waals surface area contributed by atoms with E-state index in [2.05, 4.69) is 65.1 Å². The van der Waals surface area contributed by atoms with Gasteiger partial charge in [0.25, 0.3) is 0 Å². The summed E-state index contributed by atoms with van der Waals surface area (Å²) in [5, 5.41) is 0. The lowest BCUT2D eigenvalue weighted by atomic mass is 10.0. The van der Waals surface area contributed by atoms with Crippen molar-refractivity contribution >= 4 is 0 Å². The van der Waals surface area contributed by atoms with Crippen molar-refractivity contribution in [3.63, 3.8) is 0 Å². The van der Waals surface area contributed by atoms with Crippen LogP contribution in [0.3, 0.4) is 0 Å². The third kappa shape index (κ3) is 5.75. The molecular formula is C26H32N4O. The van der Waals surface area contributed by atoms with Gasteiger partial charge in [-0.15, -0.1) is 0 Å². The van der Waals surface area contributed by atoms with Crippen molar-refractivity contribution in [1.82, 2.24) is 19.9 Å². The summed E-state index contributed by atoms with van der Waals surface area (Å²) in [6.45, 7) is 6.85. The fourth-order valence-electron chi connectivity index (χ4n) is 4.47. The summed E-state index contributed by atoms with van der Waals surface area (Å²) in [5.74, 6) is 0.838. The number of aromatic nitrogens is 3. The van der Waals surface area contributed by atoms with E-state index in [0.29, 0.717) is 12.6 Å². The molecule has 0 unspecified atom stereocenters. The maximum absolute atomic E-state index is 5.11. The highest BCUT2D eigenvalue weighted by molar-refractivity contribution is 5.31. The van der Waals surface area contributed by atoms with Gasteiger partial charge in [0, 0.05) is 43.7 Å². The molecule has 0 radical (unpaired) electrons. The lowest BCUT2D eigenvalue weighted by Crippen LogP contribution is -2.24. The molecule has 3 aromatic rings. The molecule has 31 heavy (non-hydrogen) atoms. The van der Waals surface area contributed by atoms with Gasteiger partial charge in [-0.05, 0) is 62.9 Å². The van der Waals surface area contributed by atoms with Crippen molar-refractivity contribution in [1.29, 1.82) is 0 Å². The molecule has 1 saturated heterocycles. The minimum atomic E-state index is 0.351. The van der Waals surface area contributed by atoms with Crippen LogP contribution in [0.15, 0.2) is 48.8 Å². The second-order valence-corrected chi connectivity index (χ2v) is 8.59. The minimum absolute atomic E-state index is 0.351. The SMILES string of the molecule is COCCc1ncc(CN2CCC[C@H]2c2cc(Cc3cccc(C)c3)cc(C)n2)cn1. The Morgan fingerprint density at radius 2 is 1.87 bits per heavy atom. The van der Waals surface area contributed by atoms with Gasteiger partial charge in [0.1, 0.15) is 5.82 Å². The number of hydrogen-bond acceptors (Lipinski definition) is 5. The van der Waals surface area contributed by atoms with E-state index in [-0.39, 0.29) is 0 Å². The van der Waals surface area contributed by atoms with Crippen LogP contribution in [0.25, 0.3) is 0 Å². The molecule has 1 fully saturated rings. The van der Waals surface area contributed by atoms with Crippen LogP contribution in [0.4, 0.5) is 0 Å². The van der Waals surface area contributed by atoms with Crippen LogP contribution in [-0.4, -0.2) is 40.1 Å². The molecular weight excluding hydrogens is 384 g/mol. The van der Waals surface area contributed by atoms with Crippen LogP contribution >= 0.6 is 0 Å². The predicted molar refractivity (Wildman–Crippen MR) is 123 cm³/mol. The fraction of sp³-hybridized carbons (Fsp3) is 0.423. The smallest absolute Gasteiger partial charge is 0.130 e. The first kappa shape index (κ1) is 21.6. The number of methoxy groups -OCH3 is 1. The Kier molecular flexibility index (Phi) is 7.05. The first-order valence-corrected chi connectivity index (χ1v) is 11.2. The van der Waals surface area contributed by atoms with Gasteiger partial charge >= 0.3 is 0 Å². The number of ether oxygens (including phenoxy) is 1. The van der Waals surface area contributed by atoms with Gasteiger partial charge in [-0.1, -0.05) is 29.8 Å². The summed E-state index contributed by atoms with van der Waals surface area (Å²) < 4.78 is 5.11. The number of benzene rings is 1. The molecule has 162 valence electrons. The Labute approximate surface area is 185 Å². The number of rotatable bonds is 8. The molecule has 5 heteroatoms. The van der Waals surface area contributed by atoms with Crippen LogP contribution in [0.2, 0.25) is 0 Å². The third-order valence-corrected chi connectivity index (χ3v) is 5.90. The van der Waals surface area contributed by atoms with Gasteiger partial charge in [0.15, 0.2) is 0 Å². The highest BCUT2D eigenvalue weighted by Crippen LogP contribution is 2.33. The Balaban J connectivity index is 1.48. The zero-order valence-corrected chi connectivity index (χ0v) is 18.8. The van der Waals surface area contributed by atoms with Crippen molar-refractivity contribution < 1.29 is 4.74 Å². The van der Waals surface area contributed by atoms with E-state index < -0.39 is 0 Å². The molecule has 0 amide bonds. The second kappa shape index (κ2) is 10.1. The van der Waals surface area contributed by atoms with Gasteiger partial charge in [-0.2, -0.15) is 0 Å². The van der Waals surface area contributed by atoms with E-state index in [1.165, 1.54) is 28.8 Å². The Morgan fingerprint density at radius 3 is 2.65 bits per heavy atom. The molecule has 2 aromatic heterocycles. The Bertz CT molecular complexity index is 1000. The minimum Gasteiger partial charge on any atom is -0.384 e. The van der Waals surface area contributed by atoms with Crippen molar-refractivity contribution in [2.75, 3.05) is 20.3 Å². The highest BCUT2D eigenvalue weighted by atomic mass is 16.5. The van der Waals surface area contributed by atoms with Crippen LogP contribution in [0.5, 0.6) is 0 Å². The molecule has 1 aromatic carbocycles. The number of aryl methyl sites for hydroxylation is 2. The fourth-order valence-corrected chi connectivity index (χ4v) is 4.47. The second-order valence-electron chi connectivity index (χ2n) is 8.59. The van der Waals surface area contributed by atoms with Crippen LogP contribution in [-0.2, 0) is 24.1 Å². The molecule has 0 spiro atoms. The lowest BCUT2D eigenvalue weighted by molar-refractivity contribution is 0.200. The van der Waals surface area contributed by atoms with E-state index in [4.69, 9.17) is 9.72 Å². The van der Waals surface area contributed by atoms with Gasteiger partial charge in [-0.3, -0.25) is 9.88 Å². The average molecular weight is 417 g/mol.